The van der Waals surface area contributed by atoms with E-state index in [0.29, 0.717) is 36.8 Å². The molecule has 2 saturated heterocycles. The first kappa shape index (κ1) is 23.4. The van der Waals surface area contributed by atoms with E-state index in [-0.39, 0.29) is 5.92 Å². The highest BCUT2D eigenvalue weighted by molar-refractivity contribution is 5.71. The van der Waals surface area contributed by atoms with Crippen LogP contribution in [0.4, 0.5) is 0 Å². The largest absolute Gasteiger partial charge is 0.481 e. The zero-order valence-corrected chi connectivity index (χ0v) is 20.5. The molecule has 2 aliphatic heterocycles. The molecule has 1 aliphatic carbocycles. The molecule has 3 fully saturated rings. The van der Waals surface area contributed by atoms with Gasteiger partial charge in [-0.25, -0.2) is 0 Å². The molecule has 3 aliphatic rings. The third-order valence-corrected chi connectivity index (χ3v) is 7.94. The normalized spacial score (nSPS) is 20.4. The van der Waals surface area contributed by atoms with Crippen molar-refractivity contribution in [2.75, 3.05) is 26.3 Å². The Morgan fingerprint density at radius 1 is 1.03 bits per heavy atom. The summed E-state index contributed by atoms with van der Waals surface area (Å²) in [6.45, 7) is 3.51. The molecule has 9 nitrogen and oxygen atoms in total. The molecule has 0 spiro atoms. The fourth-order valence-electron chi connectivity index (χ4n) is 5.85. The van der Waals surface area contributed by atoms with Gasteiger partial charge < -0.3 is 14.4 Å². The zero-order chi connectivity index (χ0) is 24.5. The van der Waals surface area contributed by atoms with Crippen LogP contribution in [0.25, 0.3) is 22.8 Å². The van der Waals surface area contributed by atoms with Gasteiger partial charge in [-0.05, 0) is 31.2 Å². The van der Waals surface area contributed by atoms with Crippen LogP contribution in [0.15, 0.2) is 35.0 Å². The second-order valence-electron chi connectivity index (χ2n) is 10.4. The zero-order valence-electron chi connectivity index (χ0n) is 20.5. The summed E-state index contributed by atoms with van der Waals surface area (Å²) >= 11 is 0. The summed E-state index contributed by atoms with van der Waals surface area (Å²) in [6.07, 6.45) is 10.1. The number of ether oxygens (including phenoxy) is 1. The lowest BCUT2D eigenvalue weighted by Gasteiger charge is -2.36. The minimum absolute atomic E-state index is 0.240. The van der Waals surface area contributed by atoms with Crippen molar-refractivity contribution in [3.05, 3.63) is 41.7 Å². The molecular formula is C27H33N5O4. The van der Waals surface area contributed by atoms with E-state index in [1.165, 1.54) is 37.8 Å². The lowest BCUT2D eigenvalue weighted by atomic mass is 9.91. The van der Waals surface area contributed by atoms with E-state index in [1.54, 1.807) is 0 Å². The molecular weight excluding hydrogens is 458 g/mol. The molecule has 0 atom stereocenters. The van der Waals surface area contributed by atoms with Crippen molar-refractivity contribution in [1.82, 2.24) is 24.8 Å². The van der Waals surface area contributed by atoms with Crippen LogP contribution in [-0.4, -0.2) is 62.2 Å². The Morgan fingerprint density at radius 2 is 1.78 bits per heavy atom. The molecule has 36 heavy (non-hydrogen) atoms. The molecule has 1 saturated carbocycles. The maximum Gasteiger partial charge on any atom is 0.309 e. The fourth-order valence-corrected chi connectivity index (χ4v) is 5.85. The minimum Gasteiger partial charge on any atom is -0.481 e. The number of carbonyl (C=O) groups is 1. The second kappa shape index (κ2) is 10.1. The van der Waals surface area contributed by atoms with E-state index in [0.717, 1.165) is 49.3 Å². The Kier molecular flexibility index (Phi) is 6.58. The molecule has 1 N–H and O–H groups in total. The molecule has 0 amide bonds. The highest BCUT2D eigenvalue weighted by Crippen LogP contribution is 2.39. The third kappa shape index (κ3) is 4.69. The fraction of sp³-hybridized carbons (Fsp3) is 0.556. The maximum atomic E-state index is 11.0. The summed E-state index contributed by atoms with van der Waals surface area (Å²) in [5.74, 6) is 0.525. The highest BCUT2D eigenvalue weighted by atomic mass is 16.5. The SMILES string of the molecule is O=C(O)C1CN(Cc2ccc(-c3noc(-c4cnn(C5CCCCC5)c4C4CCOCC4)n3)cc2)C1. The number of aromatic nitrogens is 4. The van der Waals surface area contributed by atoms with Gasteiger partial charge in [0.25, 0.3) is 5.89 Å². The van der Waals surface area contributed by atoms with E-state index in [2.05, 4.69) is 14.7 Å². The molecule has 2 aromatic heterocycles. The van der Waals surface area contributed by atoms with Crippen molar-refractivity contribution >= 4 is 5.97 Å². The van der Waals surface area contributed by atoms with Gasteiger partial charge in [-0.15, -0.1) is 0 Å². The average molecular weight is 492 g/mol. The number of hydrogen-bond donors (Lipinski definition) is 1. The van der Waals surface area contributed by atoms with Crippen molar-refractivity contribution < 1.29 is 19.2 Å². The Balaban J connectivity index is 1.21. The lowest BCUT2D eigenvalue weighted by Crippen LogP contribution is -2.49. The number of benzene rings is 1. The van der Waals surface area contributed by atoms with Gasteiger partial charge in [-0.3, -0.25) is 14.4 Å². The van der Waals surface area contributed by atoms with Gasteiger partial charge >= 0.3 is 5.97 Å². The quantitative estimate of drug-likeness (QED) is 0.514. The first-order chi connectivity index (χ1) is 17.7. The van der Waals surface area contributed by atoms with Crippen LogP contribution in [0.5, 0.6) is 0 Å². The van der Waals surface area contributed by atoms with Crippen molar-refractivity contribution in [2.45, 2.75) is 63.5 Å². The summed E-state index contributed by atoms with van der Waals surface area (Å²) in [5, 5.41) is 18.2. The lowest BCUT2D eigenvalue weighted by molar-refractivity contribution is -0.147. The average Bonchev–Trinajstić information content (AvgIpc) is 3.55. The summed E-state index contributed by atoms with van der Waals surface area (Å²) < 4.78 is 13.7. The van der Waals surface area contributed by atoms with E-state index in [9.17, 15) is 4.79 Å². The number of carboxylic acids is 1. The second-order valence-corrected chi connectivity index (χ2v) is 10.4. The molecule has 6 rings (SSSR count). The van der Waals surface area contributed by atoms with Crippen molar-refractivity contribution in [3.63, 3.8) is 0 Å². The molecule has 9 heteroatoms. The summed E-state index contributed by atoms with van der Waals surface area (Å²) in [4.78, 5) is 17.9. The molecule has 0 bridgehead atoms. The summed E-state index contributed by atoms with van der Waals surface area (Å²) in [5.41, 5.74) is 4.22. The number of aliphatic carboxylic acids is 1. The van der Waals surface area contributed by atoms with Crippen LogP contribution in [-0.2, 0) is 16.1 Å². The number of hydrogen-bond acceptors (Lipinski definition) is 7. The smallest absolute Gasteiger partial charge is 0.309 e. The molecule has 4 heterocycles. The van der Waals surface area contributed by atoms with Crippen LogP contribution in [0.1, 0.15) is 68.2 Å². The minimum atomic E-state index is -0.709. The van der Waals surface area contributed by atoms with E-state index in [1.807, 2.05) is 30.5 Å². The molecule has 0 unspecified atom stereocenters. The van der Waals surface area contributed by atoms with Crippen LogP contribution in [0, 0.1) is 5.92 Å². The molecule has 190 valence electrons. The Morgan fingerprint density at radius 3 is 2.50 bits per heavy atom. The molecule has 0 radical (unpaired) electrons. The standard InChI is InChI=1S/C27H33N5O4/c33-27(34)21-16-31(17-21)15-18-6-8-20(9-7-18)25-29-26(36-30-25)23-14-28-32(22-4-2-1-3-5-22)24(23)19-10-12-35-13-11-19/h6-9,14,19,21-22H,1-5,10-13,15-17H2,(H,33,34). The number of rotatable bonds is 7. The Hall–Kier alpha value is -3.04. The van der Waals surface area contributed by atoms with Gasteiger partial charge in [0.05, 0.1) is 29.4 Å². The predicted molar refractivity (Wildman–Crippen MR) is 132 cm³/mol. The van der Waals surface area contributed by atoms with Gasteiger partial charge in [-0.1, -0.05) is 48.7 Å². The van der Waals surface area contributed by atoms with Crippen LogP contribution < -0.4 is 0 Å². The van der Waals surface area contributed by atoms with Crippen molar-refractivity contribution in [2.24, 2.45) is 5.92 Å². The number of likely N-dealkylation sites (tertiary alicyclic amines) is 1. The van der Waals surface area contributed by atoms with E-state index in [4.69, 9.17) is 24.4 Å². The van der Waals surface area contributed by atoms with Crippen molar-refractivity contribution in [3.8, 4) is 22.8 Å². The first-order valence-electron chi connectivity index (χ1n) is 13.2. The monoisotopic (exact) mass is 491 g/mol. The van der Waals surface area contributed by atoms with Gasteiger partial charge in [0.2, 0.25) is 5.82 Å². The number of carboxylic acid groups (broad SMARTS) is 1. The maximum absolute atomic E-state index is 11.0. The van der Waals surface area contributed by atoms with Gasteiger partial charge in [0.15, 0.2) is 0 Å². The highest BCUT2D eigenvalue weighted by Gasteiger charge is 2.32. The molecule has 1 aromatic carbocycles. The Bertz CT molecular complexity index is 1190. The topological polar surface area (TPSA) is 107 Å². The van der Waals surface area contributed by atoms with Crippen LogP contribution in [0.2, 0.25) is 0 Å². The summed E-state index contributed by atoms with van der Waals surface area (Å²) in [7, 11) is 0. The first-order valence-corrected chi connectivity index (χ1v) is 13.2. The van der Waals surface area contributed by atoms with Gasteiger partial charge in [0.1, 0.15) is 0 Å². The number of nitrogens with zero attached hydrogens (tertiary/aromatic N) is 5. The van der Waals surface area contributed by atoms with Crippen LogP contribution >= 0.6 is 0 Å². The van der Waals surface area contributed by atoms with Gasteiger partial charge in [-0.2, -0.15) is 10.1 Å². The van der Waals surface area contributed by atoms with E-state index < -0.39 is 5.97 Å². The van der Waals surface area contributed by atoms with Crippen LogP contribution in [0.3, 0.4) is 0 Å². The summed E-state index contributed by atoms with van der Waals surface area (Å²) in [6, 6.07) is 8.55. The van der Waals surface area contributed by atoms with Crippen molar-refractivity contribution in [1.29, 1.82) is 0 Å². The predicted octanol–water partition coefficient (Wildman–Crippen LogP) is 4.52. The van der Waals surface area contributed by atoms with E-state index >= 15 is 0 Å². The van der Waals surface area contributed by atoms with Gasteiger partial charge in [0, 0.05) is 44.3 Å². The third-order valence-electron chi connectivity index (χ3n) is 7.94. The Labute approximate surface area is 210 Å². The molecule has 3 aromatic rings.